The molecule has 1 aromatic heterocycles. The standard InChI is InChI=1S/C16H12N2O/c19-12-17-18-11-15-9-5-4-8-14(15)10-16(18)13-6-2-1-3-7-13/h1-12H. The Balaban J connectivity index is 2.29. The van der Waals surface area contributed by atoms with E-state index in [4.69, 9.17) is 0 Å². The zero-order chi connectivity index (χ0) is 13.1. The highest BCUT2D eigenvalue weighted by molar-refractivity contribution is 5.83. The summed E-state index contributed by atoms with van der Waals surface area (Å²) in [4.78, 5) is 0. The van der Waals surface area contributed by atoms with Crippen molar-refractivity contribution in [3.63, 3.8) is 0 Å². The Morgan fingerprint density at radius 2 is 1.58 bits per heavy atom. The summed E-state index contributed by atoms with van der Waals surface area (Å²) in [5.74, 6) is 0. The lowest BCUT2D eigenvalue weighted by Crippen LogP contribution is -2.31. The van der Waals surface area contributed by atoms with Crippen LogP contribution < -0.4 is 9.78 Å². The minimum absolute atomic E-state index is 0.557. The molecule has 0 fully saturated rings. The highest BCUT2D eigenvalue weighted by Gasteiger charge is 2.13. The molecule has 0 saturated heterocycles. The molecular formula is C16H12N2O. The molecule has 19 heavy (non-hydrogen) atoms. The number of aromatic nitrogens is 1. The van der Waals surface area contributed by atoms with E-state index in [0.29, 0.717) is 6.40 Å². The second kappa shape index (κ2) is 4.90. The molecule has 3 heteroatoms. The van der Waals surface area contributed by atoms with Crippen LogP contribution in [0.15, 0.2) is 72.0 Å². The van der Waals surface area contributed by atoms with Crippen molar-refractivity contribution in [2.45, 2.75) is 0 Å². The van der Waals surface area contributed by atoms with Crippen molar-refractivity contribution in [1.82, 2.24) is 0 Å². The number of fused-ring (bicyclic) bond motifs is 1. The van der Waals surface area contributed by atoms with Crippen LogP contribution in [-0.2, 0) is 0 Å². The van der Waals surface area contributed by atoms with E-state index in [-0.39, 0.29) is 0 Å². The third-order valence-corrected chi connectivity index (χ3v) is 3.04. The molecule has 92 valence electrons. The summed E-state index contributed by atoms with van der Waals surface area (Å²) >= 11 is 0. The van der Waals surface area contributed by atoms with Gasteiger partial charge in [0.05, 0.1) is 0 Å². The van der Waals surface area contributed by atoms with Crippen molar-refractivity contribution in [3.05, 3.63) is 66.9 Å². The van der Waals surface area contributed by atoms with E-state index in [1.54, 1.807) is 4.68 Å². The molecule has 0 saturated carbocycles. The number of nitrogens with zero attached hydrogens (tertiary/aromatic N) is 2. The van der Waals surface area contributed by atoms with E-state index in [2.05, 4.69) is 5.10 Å². The second-order valence-corrected chi connectivity index (χ2v) is 4.22. The molecule has 2 aromatic carbocycles. The first-order valence-electron chi connectivity index (χ1n) is 6.03. The summed E-state index contributed by atoms with van der Waals surface area (Å²) in [6.07, 6.45) is 2.42. The fourth-order valence-electron chi connectivity index (χ4n) is 2.15. The maximum atomic E-state index is 10.7. The molecule has 0 unspecified atom stereocenters. The Bertz CT molecular complexity index is 736. The average molecular weight is 248 g/mol. The molecule has 0 spiro atoms. The molecule has 0 N–H and O–H groups in total. The number of hydrogen-bond donors (Lipinski definition) is 0. The van der Waals surface area contributed by atoms with Crippen molar-refractivity contribution in [2.75, 3.05) is 0 Å². The van der Waals surface area contributed by atoms with Gasteiger partial charge in [0.1, 0.15) is 0 Å². The van der Waals surface area contributed by atoms with Gasteiger partial charge in [0, 0.05) is 23.4 Å². The largest absolute Gasteiger partial charge is 0.860 e. The van der Waals surface area contributed by atoms with Crippen LogP contribution in [0, 0.1) is 0 Å². The average Bonchev–Trinajstić information content (AvgIpc) is 2.48. The van der Waals surface area contributed by atoms with Crippen LogP contribution in [0.2, 0.25) is 0 Å². The van der Waals surface area contributed by atoms with Crippen molar-refractivity contribution in [2.24, 2.45) is 5.10 Å². The first-order valence-corrected chi connectivity index (χ1v) is 6.03. The fraction of sp³-hybridized carbons (Fsp3) is 0. The van der Waals surface area contributed by atoms with E-state index in [1.807, 2.05) is 66.9 Å². The van der Waals surface area contributed by atoms with E-state index in [9.17, 15) is 5.11 Å². The van der Waals surface area contributed by atoms with E-state index < -0.39 is 0 Å². The fourth-order valence-corrected chi connectivity index (χ4v) is 2.15. The molecule has 3 nitrogen and oxygen atoms in total. The molecule has 0 bridgehead atoms. The number of hydrogen-bond acceptors (Lipinski definition) is 2. The maximum absolute atomic E-state index is 10.7. The molecule has 3 rings (SSSR count). The van der Waals surface area contributed by atoms with Crippen molar-refractivity contribution < 1.29 is 9.78 Å². The second-order valence-electron chi connectivity index (χ2n) is 4.22. The predicted molar refractivity (Wildman–Crippen MR) is 73.5 cm³/mol. The Labute approximate surface area is 111 Å². The highest BCUT2D eigenvalue weighted by atomic mass is 16.3. The van der Waals surface area contributed by atoms with Crippen molar-refractivity contribution in [3.8, 4) is 11.3 Å². The van der Waals surface area contributed by atoms with Gasteiger partial charge in [-0.25, -0.2) is 0 Å². The summed E-state index contributed by atoms with van der Waals surface area (Å²) < 4.78 is 1.62. The van der Waals surface area contributed by atoms with Crippen LogP contribution in [0.3, 0.4) is 0 Å². The Hall–Kier alpha value is -2.68. The van der Waals surface area contributed by atoms with Crippen LogP contribution >= 0.6 is 0 Å². The molecule has 0 amide bonds. The van der Waals surface area contributed by atoms with Gasteiger partial charge in [-0.3, -0.25) is 0 Å². The molecule has 0 aliphatic heterocycles. The van der Waals surface area contributed by atoms with Crippen molar-refractivity contribution in [1.29, 1.82) is 0 Å². The minimum Gasteiger partial charge on any atom is -0.860 e. The molecule has 0 aliphatic rings. The van der Waals surface area contributed by atoms with E-state index in [0.717, 1.165) is 22.0 Å². The van der Waals surface area contributed by atoms with Gasteiger partial charge in [0.2, 0.25) is 11.9 Å². The quantitative estimate of drug-likeness (QED) is 0.388. The maximum Gasteiger partial charge on any atom is 0.245 e. The Morgan fingerprint density at radius 1 is 0.895 bits per heavy atom. The summed E-state index contributed by atoms with van der Waals surface area (Å²) in [5.41, 5.74) is 1.92. The lowest BCUT2D eigenvalue weighted by molar-refractivity contribution is -0.668. The van der Waals surface area contributed by atoms with Crippen LogP contribution in [-0.4, -0.2) is 6.40 Å². The first kappa shape index (κ1) is 11.4. The molecule has 0 radical (unpaired) electrons. The summed E-state index contributed by atoms with van der Waals surface area (Å²) in [6, 6.07) is 20.0. The van der Waals surface area contributed by atoms with Gasteiger partial charge in [-0.15, -0.1) is 0 Å². The minimum atomic E-state index is 0.557. The summed E-state index contributed by atoms with van der Waals surface area (Å²) in [5, 5.41) is 16.7. The SMILES string of the molecule is [O-]/C=N/[n+]1cc2ccccc2cc1-c1ccccc1. The normalized spacial score (nSPS) is 11.2. The van der Waals surface area contributed by atoms with E-state index >= 15 is 0 Å². The summed E-state index contributed by atoms with van der Waals surface area (Å²) in [6.45, 7) is 0. The molecule has 0 atom stereocenters. The Morgan fingerprint density at radius 3 is 2.32 bits per heavy atom. The third-order valence-electron chi connectivity index (χ3n) is 3.04. The molecule has 3 aromatic rings. The first-order chi connectivity index (χ1) is 9.38. The van der Waals surface area contributed by atoms with Gasteiger partial charge in [-0.1, -0.05) is 41.1 Å². The van der Waals surface area contributed by atoms with E-state index in [1.165, 1.54) is 0 Å². The van der Waals surface area contributed by atoms with Crippen LogP contribution in [0.4, 0.5) is 0 Å². The lowest BCUT2D eigenvalue weighted by Gasteiger charge is -2.02. The van der Waals surface area contributed by atoms with Crippen LogP contribution in [0.25, 0.3) is 22.0 Å². The smallest absolute Gasteiger partial charge is 0.245 e. The molecule has 0 aliphatic carbocycles. The number of pyridine rings is 1. The monoisotopic (exact) mass is 248 g/mol. The summed E-state index contributed by atoms with van der Waals surface area (Å²) in [7, 11) is 0. The predicted octanol–water partition coefficient (Wildman–Crippen LogP) is 1.95. The lowest BCUT2D eigenvalue weighted by atomic mass is 10.1. The Kier molecular flexibility index (Phi) is 2.94. The zero-order valence-electron chi connectivity index (χ0n) is 10.2. The van der Waals surface area contributed by atoms with Gasteiger partial charge in [0.25, 0.3) is 0 Å². The topological polar surface area (TPSA) is 39.3 Å². The zero-order valence-corrected chi connectivity index (χ0v) is 10.2. The van der Waals surface area contributed by atoms with Gasteiger partial charge in [-0.2, -0.15) is 0 Å². The van der Waals surface area contributed by atoms with Crippen LogP contribution in [0.1, 0.15) is 0 Å². The van der Waals surface area contributed by atoms with Gasteiger partial charge >= 0.3 is 0 Å². The molecule has 1 heterocycles. The molecular weight excluding hydrogens is 236 g/mol. The number of rotatable bonds is 2. The number of benzene rings is 2. The van der Waals surface area contributed by atoms with Gasteiger partial charge in [-0.05, 0) is 28.7 Å². The highest BCUT2D eigenvalue weighted by Crippen LogP contribution is 2.20. The third kappa shape index (κ3) is 2.18. The van der Waals surface area contributed by atoms with Gasteiger partial charge < -0.3 is 5.11 Å². The van der Waals surface area contributed by atoms with Crippen LogP contribution in [0.5, 0.6) is 0 Å². The van der Waals surface area contributed by atoms with Gasteiger partial charge in [0.15, 0.2) is 0 Å². The van der Waals surface area contributed by atoms with Crippen molar-refractivity contribution >= 4 is 17.2 Å².